The Kier molecular flexibility index (Phi) is 6.14. The molecule has 2 aliphatic rings. The van der Waals surface area contributed by atoms with E-state index in [9.17, 15) is 4.79 Å². The zero-order valence-corrected chi connectivity index (χ0v) is 21.7. The summed E-state index contributed by atoms with van der Waals surface area (Å²) in [6.07, 6.45) is 1.75. The number of aliphatic imine (C=N–C) groups is 1. The maximum absolute atomic E-state index is 12.9. The van der Waals surface area contributed by atoms with Gasteiger partial charge in [-0.25, -0.2) is 0 Å². The Labute approximate surface area is 214 Å². The van der Waals surface area contributed by atoms with Gasteiger partial charge in [0.05, 0.1) is 5.57 Å². The summed E-state index contributed by atoms with van der Waals surface area (Å²) in [6.45, 7) is 10.5. The molecule has 0 bridgehead atoms. The highest BCUT2D eigenvalue weighted by Gasteiger charge is 2.36. The molecule has 0 fully saturated rings. The van der Waals surface area contributed by atoms with Crippen molar-refractivity contribution < 1.29 is 9.53 Å². The quantitative estimate of drug-likeness (QED) is 0.457. The molecule has 5 rings (SSSR count). The van der Waals surface area contributed by atoms with Crippen LogP contribution >= 0.6 is 11.8 Å². The van der Waals surface area contributed by atoms with E-state index in [4.69, 9.17) is 10.1 Å². The Bertz CT molecular complexity index is 1510. The van der Waals surface area contributed by atoms with Crippen LogP contribution in [0.2, 0.25) is 0 Å². The van der Waals surface area contributed by atoms with Crippen LogP contribution in [-0.2, 0) is 4.79 Å². The second-order valence-electron chi connectivity index (χ2n) is 9.02. The number of hydrogen-bond acceptors (Lipinski definition) is 5. The van der Waals surface area contributed by atoms with Crippen molar-refractivity contribution in [1.29, 1.82) is 5.41 Å². The number of benzene rings is 2. The number of nitrogens with zero attached hydrogens (tertiary/aromatic N) is 4. The number of fused-ring (bicyclic) bond motifs is 1. The van der Waals surface area contributed by atoms with E-state index in [-0.39, 0.29) is 18.0 Å². The number of carbonyl (C=O) groups is 1. The van der Waals surface area contributed by atoms with E-state index in [2.05, 4.69) is 46.7 Å². The number of para-hydroxylation sites is 1. The summed E-state index contributed by atoms with van der Waals surface area (Å²) in [5, 5.41) is 15.7. The third-order valence-corrected chi connectivity index (χ3v) is 7.20. The normalized spacial score (nSPS) is 16.4. The fourth-order valence-electron chi connectivity index (χ4n) is 4.37. The fraction of sp³-hybridized carbons (Fsp3) is 0.214. The molecule has 8 heteroatoms. The first-order valence-corrected chi connectivity index (χ1v) is 12.5. The van der Waals surface area contributed by atoms with Crippen LogP contribution in [0.3, 0.4) is 0 Å². The van der Waals surface area contributed by atoms with Crippen LogP contribution in [0.4, 0.5) is 0 Å². The highest BCUT2D eigenvalue weighted by atomic mass is 32.2. The van der Waals surface area contributed by atoms with Crippen molar-refractivity contribution in [3.05, 3.63) is 87.7 Å². The Morgan fingerprint density at radius 2 is 1.81 bits per heavy atom. The summed E-state index contributed by atoms with van der Waals surface area (Å²) in [5.41, 5.74) is 7.63. The number of ether oxygens (including phenoxy) is 1. The molecule has 2 aromatic carbocycles. The van der Waals surface area contributed by atoms with Gasteiger partial charge >= 0.3 is 0 Å². The number of amides is 1. The van der Waals surface area contributed by atoms with Crippen molar-refractivity contribution in [2.75, 3.05) is 6.61 Å². The summed E-state index contributed by atoms with van der Waals surface area (Å²) >= 11 is 1.25. The van der Waals surface area contributed by atoms with Crippen LogP contribution in [-0.4, -0.2) is 38.1 Å². The number of aryl methyl sites for hydroxylation is 4. The van der Waals surface area contributed by atoms with E-state index in [1.165, 1.54) is 27.9 Å². The highest BCUT2D eigenvalue weighted by Crippen LogP contribution is 2.31. The minimum atomic E-state index is -0.438. The molecule has 0 unspecified atom stereocenters. The minimum Gasteiger partial charge on any atom is -0.486 e. The lowest BCUT2D eigenvalue weighted by Gasteiger charge is -2.20. The molecule has 182 valence electrons. The van der Waals surface area contributed by atoms with E-state index < -0.39 is 5.91 Å². The molecule has 0 saturated carbocycles. The van der Waals surface area contributed by atoms with Crippen LogP contribution in [0.5, 0.6) is 5.75 Å². The minimum absolute atomic E-state index is 0.0138. The summed E-state index contributed by atoms with van der Waals surface area (Å²) in [7, 11) is 0. The molecule has 0 saturated heterocycles. The van der Waals surface area contributed by atoms with Crippen LogP contribution in [0.15, 0.2) is 64.2 Å². The van der Waals surface area contributed by atoms with Crippen molar-refractivity contribution >= 4 is 39.8 Å². The monoisotopic (exact) mass is 497 g/mol. The molecular formula is C28H27N5O2S. The van der Waals surface area contributed by atoms with Crippen LogP contribution in [0.25, 0.3) is 11.8 Å². The number of rotatable bonds is 5. The summed E-state index contributed by atoms with van der Waals surface area (Å²) in [5.74, 6) is 0.352. The smallest absolute Gasteiger partial charge is 0.283 e. The molecule has 0 radical (unpaired) electrons. The lowest BCUT2D eigenvalue weighted by Crippen LogP contribution is -2.35. The zero-order valence-electron chi connectivity index (χ0n) is 20.9. The Morgan fingerprint density at radius 1 is 1.03 bits per heavy atom. The summed E-state index contributed by atoms with van der Waals surface area (Å²) < 4.78 is 8.08. The molecule has 1 N–H and O–H groups in total. The number of amidine groups is 2. The first kappa shape index (κ1) is 23.8. The van der Waals surface area contributed by atoms with Crippen molar-refractivity contribution in [2.24, 2.45) is 10.1 Å². The topological polar surface area (TPSA) is 83.0 Å². The molecule has 0 spiro atoms. The average molecular weight is 498 g/mol. The average Bonchev–Trinajstić information content (AvgIpc) is 3.37. The molecule has 0 atom stereocenters. The number of hydrogen-bond donors (Lipinski definition) is 1. The van der Waals surface area contributed by atoms with E-state index in [1.54, 1.807) is 6.08 Å². The highest BCUT2D eigenvalue weighted by molar-refractivity contribution is 8.27. The van der Waals surface area contributed by atoms with Crippen LogP contribution < -0.4 is 4.74 Å². The second-order valence-corrected chi connectivity index (χ2v) is 10.1. The number of hydrazone groups is 1. The maximum atomic E-state index is 12.9. The molecule has 1 amide bonds. The lowest BCUT2D eigenvalue weighted by molar-refractivity contribution is -0.114. The van der Waals surface area contributed by atoms with E-state index in [1.807, 2.05) is 51.1 Å². The van der Waals surface area contributed by atoms with Crippen molar-refractivity contribution in [3.8, 4) is 11.4 Å². The molecule has 7 nitrogen and oxygen atoms in total. The maximum Gasteiger partial charge on any atom is 0.283 e. The third-order valence-electron chi connectivity index (χ3n) is 6.32. The van der Waals surface area contributed by atoms with E-state index in [0.29, 0.717) is 10.2 Å². The number of nitrogens with one attached hydrogen (secondary N) is 1. The van der Waals surface area contributed by atoms with Gasteiger partial charge in [0.1, 0.15) is 17.4 Å². The summed E-state index contributed by atoms with van der Waals surface area (Å²) in [6, 6.07) is 16.2. The predicted molar refractivity (Wildman–Crippen MR) is 146 cm³/mol. The summed E-state index contributed by atoms with van der Waals surface area (Å²) in [4.78, 5) is 17.1. The second kappa shape index (κ2) is 9.28. The van der Waals surface area contributed by atoms with Gasteiger partial charge in [0.2, 0.25) is 5.17 Å². The molecule has 1 aromatic heterocycles. The van der Waals surface area contributed by atoms with Gasteiger partial charge in [0.15, 0.2) is 5.84 Å². The van der Waals surface area contributed by atoms with Gasteiger partial charge in [-0.2, -0.15) is 15.1 Å². The van der Waals surface area contributed by atoms with Gasteiger partial charge in [-0.1, -0.05) is 30.3 Å². The van der Waals surface area contributed by atoms with Gasteiger partial charge in [-0.15, -0.1) is 0 Å². The van der Waals surface area contributed by atoms with Crippen molar-refractivity contribution in [3.63, 3.8) is 0 Å². The third kappa shape index (κ3) is 4.28. The van der Waals surface area contributed by atoms with Gasteiger partial charge < -0.3 is 9.30 Å². The number of thioether (sulfide) groups is 1. The first-order valence-electron chi connectivity index (χ1n) is 11.7. The van der Waals surface area contributed by atoms with Crippen molar-refractivity contribution in [2.45, 2.75) is 34.6 Å². The predicted octanol–water partition coefficient (Wildman–Crippen LogP) is 5.72. The Hall–Kier alpha value is -3.91. The molecule has 2 aliphatic heterocycles. The van der Waals surface area contributed by atoms with Gasteiger partial charge in [-0.05, 0) is 92.9 Å². The number of aromatic nitrogens is 1. The zero-order chi connectivity index (χ0) is 25.6. The van der Waals surface area contributed by atoms with Crippen LogP contribution in [0, 0.1) is 40.0 Å². The van der Waals surface area contributed by atoms with E-state index in [0.717, 1.165) is 34.0 Å². The number of carbonyl (C=O) groups excluding carboxylic acids is 1. The standard InChI is InChI=1S/C28H27N5O2S/c1-16-10-11-17(2)23(12-16)32-19(4)13-21(20(32)5)14-22-26(29)33-28(30-27(22)34)36-25(31-33)15-35-24-9-7-6-8-18(24)3/h6-14,29H,15H2,1-5H3. The largest absolute Gasteiger partial charge is 0.486 e. The van der Waals surface area contributed by atoms with Gasteiger partial charge in [-0.3, -0.25) is 10.2 Å². The first-order chi connectivity index (χ1) is 17.2. The van der Waals surface area contributed by atoms with Gasteiger partial charge in [0.25, 0.3) is 5.91 Å². The molecule has 3 heterocycles. The Morgan fingerprint density at radius 3 is 2.58 bits per heavy atom. The molecular weight excluding hydrogens is 470 g/mol. The van der Waals surface area contributed by atoms with Gasteiger partial charge in [0, 0.05) is 17.1 Å². The van der Waals surface area contributed by atoms with E-state index >= 15 is 0 Å². The molecule has 3 aromatic rings. The SMILES string of the molecule is Cc1ccc(C)c(-n2c(C)cc(C=C3C(=N)N4N=C(COc5ccccc5C)SC4=NC3=O)c2C)c1. The lowest BCUT2D eigenvalue weighted by atomic mass is 10.1. The van der Waals surface area contributed by atoms with Crippen LogP contribution in [0.1, 0.15) is 33.6 Å². The molecule has 0 aliphatic carbocycles. The molecule has 36 heavy (non-hydrogen) atoms. The van der Waals surface area contributed by atoms with Crippen molar-refractivity contribution in [1.82, 2.24) is 9.58 Å². The fourth-order valence-corrected chi connectivity index (χ4v) is 5.17. The Balaban J connectivity index is 1.42.